The fraction of sp³-hybridized carbons (Fsp3) is 0.355. The maximum absolute atomic E-state index is 13.0. The largest absolute Gasteiger partial charge is 0.477 e. The summed E-state index contributed by atoms with van der Waals surface area (Å²) in [5, 5.41) is 12.1. The van der Waals surface area contributed by atoms with E-state index in [0.717, 1.165) is 57.6 Å². The monoisotopic (exact) mass is 579 g/mol. The smallest absolute Gasteiger partial charge is 0.354 e. The fourth-order valence-electron chi connectivity index (χ4n) is 4.37. The van der Waals surface area contributed by atoms with Gasteiger partial charge in [0.1, 0.15) is 5.69 Å². The van der Waals surface area contributed by atoms with Gasteiger partial charge in [-0.15, -0.1) is 0 Å². The Hall–Kier alpha value is -4.05. The van der Waals surface area contributed by atoms with Crippen LogP contribution in [0.2, 0.25) is 0 Å². The number of nitrogens with zero attached hydrogens (tertiary/aromatic N) is 1. The number of pyridine rings is 1. The zero-order valence-corrected chi connectivity index (χ0v) is 24.1. The standard InChI is InChI=1S/C31H37N3O6S/c1-2-3-4-5-9-15-25-21-28(31(37)38)33-22-27(25)30(36)34-41(39,40)26-18-16-24(17-19-26)29(35)32-20-11-10-14-23-12-7-6-8-13-23/h6-8,12-13,16-19,21-22H,2-5,9-11,14-15,20H2,1H3,(H,32,35)(H,34,36)(H,37,38). The minimum absolute atomic E-state index is 0.0114. The average molecular weight is 580 g/mol. The molecule has 0 aliphatic carbocycles. The van der Waals surface area contributed by atoms with Gasteiger partial charge < -0.3 is 10.4 Å². The van der Waals surface area contributed by atoms with Gasteiger partial charge in [0.2, 0.25) is 0 Å². The molecule has 10 heteroatoms. The molecule has 1 heterocycles. The lowest BCUT2D eigenvalue weighted by Crippen LogP contribution is -2.31. The van der Waals surface area contributed by atoms with Crippen molar-refractivity contribution in [1.29, 1.82) is 0 Å². The van der Waals surface area contributed by atoms with E-state index in [0.29, 0.717) is 24.1 Å². The number of hydrogen-bond donors (Lipinski definition) is 3. The maximum atomic E-state index is 13.0. The van der Waals surface area contributed by atoms with Gasteiger partial charge in [-0.3, -0.25) is 9.59 Å². The van der Waals surface area contributed by atoms with Gasteiger partial charge in [0.05, 0.1) is 10.5 Å². The van der Waals surface area contributed by atoms with Crippen LogP contribution in [-0.4, -0.2) is 42.8 Å². The van der Waals surface area contributed by atoms with Crippen molar-refractivity contribution in [3.8, 4) is 0 Å². The van der Waals surface area contributed by atoms with Crippen molar-refractivity contribution in [2.24, 2.45) is 0 Å². The highest BCUT2D eigenvalue weighted by Gasteiger charge is 2.22. The van der Waals surface area contributed by atoms with Crippen LogP contribution >= 0.6 is 0 Å². The number of aromatic nitrogens is 1. The Kier molecular flexibility index (Phi) is 12.0. The molecule has 0 saturated carbocycles. The molecule has 0 aliphatic heterocycles. The molecule has 3 N–H and O–H groups in total. The molecule has 0 bridgehead atoms. The Morgan fingerprint density at radius 1 is 0.829 bits per heavy atom. The van der Waals surface area contributed by atoms with E-state index >= 15 is 0 Å². The van der Waals surface area contributed by atoms with E-state index < -0.39 is 21.9 Å². The van der Waals surface area contributed by atoms with Crippen molar-refractivity contribution in [3.05, 3.63) is 94.8 Å². The third-order valence-corrected chi connectivity index (χ3v) is 8.02. The van der Waals surface area contributed by atoms with E-state index in [2.05, 4.69) is 29.4 Å². The Morgan fingerprint density at radius 2 is 1.51 bits per heavy atom. The van der Waals surface area contributed by atoms with Crippen molar-refractivity contribution in [2.75, 3.05) is 6.54 Å². The second-order valence-corrected chi connectivity index (χ2v) is 11.5. The van der Waals surface area contributed by atoms with Gasteiger partial charge >= 0.3 is 5.97 Å². The molecule has 2 amide bonds. The van der Waals surface area contributed by atoms with Crippen LogP contribution in [0.5, 0.6) is 0 Å². The number of benzene rings is 2. The molecule has 9 nitrogen and oxygen atoms in total. The molecule has 3 rings (SSSR count). The molecule has 0 fully saturated rings. The minimum atomic E-state index is -4.25. The topological polar surface area (TPSA) is 143 Å². The van der Waals surface area contributed by atoms with Gasteiger partial charge in [-0.2, -0.15) is 0 Å². The Morgan fingerprint density at radius 3 is 2.20 bits per heavy atom. The van der Waals surface area contributed by atoms with Crippen molar-refractivity contribution in [3.63, 3.8) is 0 Å². The Labute approximate surface area is 241 Å². The van der Waals surface area contributed by atoms with E-state index in [9.17, 15) is 27.9 Å². The van der Waals surface area contributed by atoms with Crippen LogP contribution < -0.4 is 10.0 Å². The second-order valence-electron chi connectivity index (χ2n) is 9.85. The molecular formula is C31H37N3O6S. The van der Waals surface area contributed by atoms with Crippen LogP contribution in [0.25, 0.3) is 0 Å². The first-order valence-electron chi connectivity index (χ1n) is 13.9. The van der Waals surface area contributed by atoms with E-state index in [-0.39, 0.29) is 22.1 Å². The predicted octanol–water partition coefficient (Wildman–Crippen LogP) is 5.16. The summed E-state index contributed by atoms with van der Waals surface area (Å²) in [6.07, 6.45) is 8.99. The number of carbonyl (C=O) groups excluding carboxylic acids is 2. The third kappa shape index (κ3) is 9.82. The summed E-state index contributed by atoms with van der Waals surface area (Å²) in [7, 11) is -4.25. The molecule has 0 aliphatic rings. The zero-order valence-electron chi connectivity index (χ0n) is 23.3. The van der Waals surface area contributed by atoms with Crippen LogP contribution in [-0.2, 0) is 22.9 Å². The lowest BCUT2D eigenvalue weighted by molar-refractivity contribution is 0.0689. The summed E-state index contributed by atoms with van der Waals surface area (Å²) in [6, 6.07) is 16.7. The lowest BCUT2D eigenvalue weighted by Gasteiger charge is -2.12. The van der Waals surface area contributed by atoms with E-state index in [1.807, 2.05) is 22.9 Å². The minimum Gasteiger partial charge on any atom is -0.477 e. The predicted molar refractivity (Wildman–Crippen MR) is 156 cm³/mol. The number of sulfonamides is 1. The summed E-state index contributed by atoms with van der Waals surface area (Å²) >= 11 is 0. The molecule has 0 spiro atoms. The summed E-state index contributed by atoms with van der Waals surface area (Å²) in [4.78, 5) is 40.5. The SMILES string of the molecule is CCCCCCCc1cc(C(=O)O)ncc1C(=O)NS(=O)(=O)c1ccc(C(=O)NCCCCc2ccccc2)cc1. The van der Waals surface area contributed by atoms with E-state index in [1.165, 1.54) is 35.9 Å². The number of rotatable bonds is 16. The average Bonchev–Trinajstić information content (AvgIpc) is 2.97. The molecular weight excluding hydrogens is 542 g/mol. The number of aryl methyl sites for hydroxylation is 2. The van der Waals surface area contributed by atoms with Crippen molar-refractivity contribution in [1.82, 2.24) is 15.0 Å². The molecule has 0 radical (unpaired) electrons. The first-order valence-corrected chi connectivity index (χ1v) is 15.4. The van der Waals surface area contributed by atoms with Gasteiger partial charge in [0.15, 0.2) is 0 Å². The van der Waals surface area contributed by atoms with Crippen LogP contribution in [0.1, 0.15) is 94.2 Å². The van der Waals surface area contributed by atoms with Gasteiger partial charge in [-0.1, -0.05) is 62.9 Å². The molecule has 3 aromatic rings. The van der Waals surface area contributed by atoms with Crippen LogP contribution in [0, 0.1) is 0 Å². The molecule has 2 aromatic carbocycles. The van der Waals surface area contributed by atoms with Crippen LogP contribution in [0.3, 0.4) is 0 Å². The Bertz CT molecular complexity index is 1420. The molecule has 0 saturated heterocycles. The molecule has 0 unspecified atom stereocenters. The van der Waals surface area contributed by atoms with Gasteiger partial charge in [0.25, 0.3) is 21.8 Å². The number of carbonyl (C=O) groups is 3. The normalized spacial score (nSPS) is 11.1. The van der Waals surface area contributed by atoms with Crippen molar-refractivity contribution >= 4 is 27.8 Å². The highest BCUT2D eigenvalue weighted by Crippen LogP contribution is 2.17. The number of aromatic carboxylic acids is 1. The third-order valence-electron chi connectivity index (χ3n) is 6.68. The van der Waals surface area contributed by atoms with Gasteiger partial charge in [-0.25, -0.2) is 22.9 Å². The summed E-state index contributed by atoms with van der Waals surface area (Å²) in [5.74, 6) is -2.44. The number of carboxylic acids is 1. The number of hydrogen-bond acceptors (Lipinski definition) is 6. The maximum Gasteiger partial charge on any atom is 0.354 e. The highest BCUT2D eigenvalue weighted by molar-refractivity contribution is 7.90. The molecule has 1 aromatic heterocycles. The zero-order chi connectivity index (χ0) is 29.7. The molecule has 0 atom stereocenters. The van der Waals surface area contributed by atoms with Crippen molar-refractivity contribution < 1.29 is 27.9 Å². The summed E-state index contributed by atoms with van der Waals surface area (Å²) in [5.41, 5.74) is 1.78. The Balaban J connectivity index is 1.58. The number of amides is 2. The first-order chi connectivity index (χ1) is 19.7. The van der Waals surface area contributed by atoms with Gasteiger partial charge in [0, 0.05) is 18.3 Å². The molecule has 218 valence electrons. The van der Waals surface area contributed by atoms with Crippen LogP contribution in [0.15, 0.2) is 71.8 Å². The summed E-state index contributed by atoms with van der Waals surface area (Å²) in [6.45, 7) is 2.60. The lowest BCUT2D eigenvalue weighted by atomic mass is 10.0. The van der Waals surface area contributed by atoms with E-state index in [4.69, 9.17) is 0 Å². The quantitative estimate of drug-likeness (QED) is 0.199. The number of nitrogens with one attached hydrogen (secondary N) is 2. The summed E-state index contributed by atoms with van der Waals surface area (Å²) < 4.78 is 27.9. The fourth-order valence-corrected chi connectivity index (χ4v) is 5.33. The van der Waals surface area contributed by atoms with E-state index in [1.54, 1.807) is 0 Å². The number of carboxylic acid groups (broad SMARTS) is 1. The van der Waals surface area contributed by atoms with Crippen molar-refractivity contribution in [2.45, 2.75) is 69.6 Å². The number of unbranched alkanes of at least 4 members (excludes halogenated alkanes) is 5. The van der Waals surface area contributed by atoms with Gasteiger partial charge in [-0.05, 0) is 73.6 Å². The second kappa shape index (κ2) is 15.7. The van der Waals surface area contributed by atoms with Crippen LogP contribution in [0.4, 0.5) is 0 Å². The molecule has 41 heavy (non-hydrogen) atoms. The first kappa shape index (κ1) is 31.5. The highest BCUT2D eigenvalue weighted by atomic mass is 32.2.